The van der Waals surface area contributed by atoms with Crippen molar-refractivity contribution in [1.82, 2.24) is 14.5 Å². The lowest BCUT2D eigenvalue weighted by Gasteiger charge is -2.07. The molecule has 7 aromatic rings. The molecule has 0 radical (unpaired) electrons. The molecule has 0 aliphatic carbocycles. The van der Waals surface area contributed by atoms with Gasteiger partial charge in [-0.2, -0.15) is 0 Å². The molecule has 0 N–H and O–H groups in total. The number of hydrogen-bond acceptors (Lipinski definition) is 4. The Hall–Kier alpha value is -3.96. The summed E-state index contributed by atoms with van der Waals surface area (Å²) in [7, 11) is 0. The number of fused-ring (bicyclic) bond motifs is 7. The molecule has 0 spiro atoms. The highest BCUT2D eigenvalue weighted by Gasteiger charge is 2.22. The molecule has 5 heterocycles. The van der Waals surface area contributed by atoms with Crippen molar-refractivity contribution in [2.45, 2.75) is 0 Å². The number of furan rings is 1. The normalized spacial score (nSPS) is 11.9. The number of thiophene rings is 1. The zero-order chi connectivity index (χ0) is 20.4. The highest BCUT2D eigenvalue weighted by molar-refractivity contribution is 7.26. The third-order valence-corrected chi connectivity index (χ3v) is 6.92. The van der Waals surface area contributed by atoms with Gasteiger partial charge in [-0.3, -0.25) is 9.55 Å². The van der Waals surface area contributed by atoms with Gasteiger partial charge in [0.25, 0.3) is 0 Å². The Morgan fingerprint density at radius 3 is 2.48 bits per heavy atom. The Labute approximate surface area is 181 Å². The van der Waals surface area contributed by atoms with Crippen molar-refractivity contribution in [2.75, 3.05) is 0 Å². The number of hydrogen-bond donors (Lipinski definition) is 0. The Balaban J connectivity index is 1.58. The maximum Gasteiger partial charge on any atom is 0.215 e. The van der Waals surface area contributed by atoms with E-state index >= 15 is 0 Å². The van der Waals surface area contributed by atoms with Crippen molar-refractivity contribution >= 4 is 53.7 Å². The van der Waals surface area contributed by atoms with Gasteiger partial charge < -0.3 is 4.42 Å². The van der Waals surface area contributed by atoms with Crippen molar-refractivity contribution in [3.8, 4) is 17.1 Å². The molecule has 2 aromatic carbocycles. The average Bonchev–Trinajstić information content (AvgIpc) is 3.46. The molecule has 5 aromatic heterocycles. The predicted octanol–water partition coefficient (Wildman–Crippen LogP) is 7.20. The monoisotopic (exact) mass is 417 g/mol. The molecule has 0 atom stereocenters. The number of para-hydroxylation sites is 1. The van der Waals surface area contributed by atoms with Gasteiger partial charge in [0.05, 0.1) is 21.3 Å². The van der Waals surface area contributed by atoms with Crippen LogP contribution in [0.1, 0.15) is 0 Å². The molecule has 7 rings (SSSR count). The molecule has 146 valence electrons. The molecule has 0 aliphatic heterocycles. The van der Waals surface area contributed by atoms with E-state index in [9.17, 15) is 0 Å². The molecule has 0 bridgehead atoms. The Bertz CT molecular complexity index is 1740. The van der Waals surface area contributed by atoms with Gasteiger partial charge >= 0.3 is 0 Å². The summed E-state index contributed by atoms with van der Waals surface area (Å²) in [5.74, 6) is 0.839. The third kappa shape index (κ3) is 2.35. The Morgan fingerprint density at radius 1 is 0.774 bits per heavy atom. The number of pyridine rings is 2. The molecule has 0 aliphatic rings. The molecule has 0 saturated heterocycles. The largest absolute Gasteiger partial charge is 0.437 e. The summed E-state index contributed by atoms with van der Waals surface area (Å²) in [6.45, 7) is 0. The van der Waals surface area contributed by atoms with Crippen LogP contribution in [-0.2, 0) is 0 Å². The van der Waals surface area contributed by atoms with Crippen LogP contribution in [0.3, 0.4) is 0 Å². The number of nitrogens with zero attached hydrogens (tertiary/aromatic N) is 3. The van der Waals surface area contributed by atoms with Crippen LogP contribution in [0.4, 0.5) is 0 Å². The van der Waals surface area contributed by atoms with Crippen LogP contribution < -0.4 is 0 Å². The van der Waals surface area contributed by atoms with Gasteiger partial charge in [-0.25, -0.2) is 4.98 Å². The Morgan fingerprint density at radius 2 is 1.58 bits per heavy atom. The van der Waals surface area contributed by atoms with Crippen LogP contribution in [-0.4, -0.2) is 14.5 Å². The van der Waals surface area contributed by atoms with Crippen LogP contribution in [0.2, 0.25) is 0 Å². The molecular formula is C26H15N3OS. The van der Waals surface area contributed by atoms with Crippen molar-refractivity contribution in [3.63, 3.8) is 0 Å². The minimum absolute atomic E-state index is 0.839. The van der Waals surface area contributed by atoms with Crippen LogP contribution >= 0.6 is 11.3 Å². The van der Waals surface area contributed by atoms with Gasteiger partial charge in [0, 0.05) is 33.4 Å². The standard InChI is InChI=1S/C26H15N3OS/c1-3-9-20-17(6-1)23-25-24(18-7-2-4-10-21(18)31-25)30-26(23)29(20)22-11-5-8-19(28-22)16-12-14-27-15-13-16/h1-15H. The lowest BCUT2D eigenvalue weighted by atomic mass is 10.2. The highest BCUT2D eigenvalue weighted by atomic mass is 32.1. The maximum absolute atomic E-state index is 6.55. The summed E-state index contributed by atoms with van der Waals surface area (Å²) in [5.41, 5.74) is 4.83. The number of aromatic nitrogens is 3. The lowest BCUT2D eigenvalue weighted by Crippen LogP contribution is -1.98. The predicted molar refractivity (Wildman–Crippen MR) is 127 cm³/mol. The van der Waals surface area contributed by atoms with Crippen molar-refractivity contribution < 1.29 is 4.42 Å². The van der Waals surface area contributed by atoms with Crippen LogP contribution in [0.5, 0.6) is 0 Å². The second kappa shape index (κ2) is 6.27. The van der Waals surface area contributed by atoms with Crippen LogP contribution in [0, 0.1) is 0 Å². The van der Waals surface area contributed by atoms with Crippen molar-refractivity contribution in [2.24, 2.45) is 0 Å². The van der Waals surface area contributed by atoms with E-state index in [1.807, 2.05) is 30.3 Å². The summed E-state index contributed by atoms with van der Waals surface area (Å²) in [5, 5.41) is 3.50. The third-order valence-electron chi connectivity index (χ3n) is 5.75. The summed E-state index contributed by atoms with van der Waals surface area (Å²) >= 11 is 1.79. The quantitative estimate of drug-likeness (QED) is 0.299. The summed E-state index contributed by atoms with van der Waals surface area (Å²) in [6.07, 6.45) is 3.58. The summed E-state index contributed by atoms with van der Waals surface area (Å²) < 4.78 is 11.1. The van der Waals surface area contributed by atoms with Crippen molar-refractivity contribution in [1.29, 1.82) is 0 Å². The highest BCUT2D eigenvalue weighted by Crippen LogP contribution is 2.45. The fourth-order valence-corrected chi connectivity index (χ4v) is 5.56. The fraction of sp³-hybridized carbons (Fsp3) is 0. The van der Waals surface area contributed by atoms with Gasteiger partial charge in [0.2, 0.25) is 5.71 Å². The molecule has 31 heavy (non-hydrogen) atoms. The fourth-order valence-electron chi connectivity index (χ4n) is 4.38. The second-order valence-corrected chi connectivity index (χ2v) is 8.56. The topological polar surface area (TPSA) is 43.9 Å². The minimum atomic E-state index is 0.839. The lowest BCUT2D eigenvalue weighted by molar-refractivity contribution is 0.647. The number of rotatable bonds is 2. The van der Waals surface area contributed by atoms with Gasteiger partial charge in [-0.1, -0.05) is 36.4 Å². The molecule has 0 fully saturated rings. The molecule has 0 unspecified atom stereocenters. The van der Waals surface area contributed by atoms with E-state index in [1.165, 1.54) is 14.8 Å². The molecule has 4 nitrogen and oxygen atoms in total. The van der Waals surface area contributed by atoms with Gasteiger partial charge in [0.15, 0.2) is 5.58 Å². The Kier molecular flexibility index (Phi) is 3.40. The first-order chi connectivity index (χ1) is 15.4. The summed E-state index contributed by atoms with van der Waals surface area (Å²) in [4.78, 5) is 9.10. The van der Waals surface area contributed by atoms with Gasteiger partial charge in [-0.05, 0) is 42.5 Å². The van der Waals surface area contributed by atoms with Crippen molar-refractivity contribution in [3.05, 3.63) is 91.3 Å². The van der Waals surface area contributed by atoms with Crippen LogP contribution in [0.15, 0.2) is 95.7 Å². The van der Waals surface area contributed by atoms with E-state index in [1.54, 1.807) is 23.7 Å². The molecule has 0 amide bonds. The van der Waals surface area contributed by atoms with E-state index in [0.29, 0.717) is 0 Å². The average molecular weight is 417 g/mol. The maximum atomic E-state index is 6.55. The number of benzene rings is 2. The summed E-state index contributed by atoms with van der Waals surface area (Å²) in [6, 6.07) is 26.9. The molecule has 5 heteroatoms. The van der Waals surface area contributed by atoms with E-state index in [4.69, 9.17) is 9.40 Å². The van der Waals surface area contributed by atoms with Gasteiger partial charge in [-0.15, -0.1) is 11.3 Å². The molecule has 0 saturated carbocycles. The zero-order valence-corrected chi connectivity index (χ0v) is 17.1. The van der Waals surface area contributed by atoms with Gasteiger partial charge in [0.1, 0.15) is 5.82 Å². The van der Waals surface area contributed by atoms with E-state index < -0.39 is 0 Å². The zero-order valence-electron chi connectivity index (χ0n) is 16.3. The smallest absolute Gasteiger partial charge is 0.215 e. The minimum Gasteiger partial charge on any atom is -0.437 e. The van der Waals surface area contributed by atoms with E-state index in [2.05, 4.69) is 58.1 Å². The first-order valence-electron chi connectivity index (χ1n) is 10.1. The first kappa shape index (κ1) is 16.8. The van der Waals surface area contributed by atoms with E-state index in [-0.39, 0.29) is 0 Å². The first-order valence-corrected chi connectivity index (χ1v) is 10.9. The second-order valence-electron chi connectivity index (χ2n) is 7.51. The molecular weight excluding hydrogens is 402 g/mol. The SMILES string of the molecule is c1cc(-c2ccncc2)nc(-n2c3ccccc3c3c4sc5ccccc5c4oc32)c1. The van der Waals surface area contributed by atoms with Crippen LogP contribution in [0.25, 0.3) is 59.4 Å². The van der Waals surface area contributed by atoms with E-state index in [0.717, 1.165) is 44.7 Å².